The summed E-state index contributed by atoms with van der Waals surface area (Å²) in [5, 5.41) is 11.7. The number of methoxy groups -OCH3 is 1. The minimum Gasteiger partial charge on any atom is -0.496 e. The van der Waals surface area contributed by atoms with Gasteiger partial charge in [-0.05, 0) is 45.5 Å². The summed E-state index contributed by atoms with van der Waals surface area (Å²) in [7, 11) is 5.72. The molecule has 2 bridgehead atoms. The zero-order valence-electron chi connectivity index (χ0n) is 18.1. The predicted octanol–water partition coefficient (Wildman–Crippen LogP) is 1.38. The molecule has 0 radical (unpaired) electrons. The van der Waals surface area contributed by atoms with Gasteiger partial charge in [0.1, 0.15) is 5.75 Å². The van der Waals surface area contributed by atoms with Crippen LogP contribution in [0.4, 0.5) is 0 Å². The van der Waals surface area contributed by atoms with Crippen LogP contribution in [0.1, 0.15) is 24.1 Å². The molecular weight excluding hydrogens is 380 g/mol. The highest BCUT2D eigenvalue weighted by molar-refractivity contribution is 5.79. The number of ether oxygens (including phenoxy) is 1. The van der Waals surface area contributed by atoms with Crippen molar-refractivity contribution in [3.05, 3.63) is 41.7 Å². The lowest BCUT2D eigenvalue weighted by molar-refractivity contribution is -0.133. The fourth-order valence-electron chi connectivity index (χ4n) is 4.83. The number of hydrogen-bond donors (Lipinski definition) is 1. The van der Waals surface area contributed by atoms with E-state index in [1.165, 1.54) is 0 Å². The Morgan fingerprint density at radius 3 is 2.90 bits per heavy atom. The van der Waals surface area contributed by atoms with Gasteiger partial charge in [0.2, 0.25) is 5.91 Å². The predicted molar refractivity (Wildman–Crippen MR) is 114 cm³/mol. The van der Waals surface area contributed by atoms with Crippen LogP contribution in [-0.4, -0.2) is 71.0 Å². The zero-order valence-corrected chi connectivity index (χ0v) is 18.1. The first-order valence-corrected chi connectivity index (χ1v) is 10.7. The molecule has 1 N–H and O–H groups in total. The number of para-hydroxylation sites is 1. The van der Waals surface area contributed by atoms with Crippen LogP contribution in [0.15, 0.2) is 30.5 Å². The van der Waals surface area contributed by atoms with Crippen molar-refractivity contribution >= 4 is 5.91 Å². The fourth-order valence-corrected chi connectivity index (χ4v) is 4.83. The summed E-state index contributed by atoms with van der Waals surface area (Å²) in [6, 6.07) is 8.26. The molecular formula is C22H32N6O2. The molecule has 0 saturated carbocycles. The van der Waals surface area contributed by atoms with Gasteiger partial charge in [-0.25, -0.2) is 0 Å². The number of nitrogens with one attached hydrogen (secondary N) is 1. The summed E-state index contributed by atoms with van der Waals surface area (Å²) in [5.74, 6) is 1.46. The van der Waals surface area contributed by atoms with Gasteiger partial charge in [-0.2, -0.15) is 0 Å². The second-order valence-corrected chi connectivity index (χ2v) is 8.74. The number of nitrogens with zero attached hydrogens (tertiary/aromatic N) is 5. The topological polar surface area (TPSA) is 75.5 Å². The fraction of sp³-hybridized carbons (Fsp3) is 0.591. The highest BCUT2D eigenvalue weighted by Crippen LogP contribution is 2.37. The third-order valence-electron chi connectivity index (χ3n) is 6.32. The minimum atomic E-state index is 0.0600. The standard InChI is InChI=1S/C22H32N6O2/c1-26(2)12-18-13-28(25-24-18)14-19-10-16-8-9-27(19)15-20(16)22(29)23-11-17-6-4-5-7-21(17)30-3/h4-7,13,16,19-20H,8-12,14-15H2,1-3H3,(H,23,29)/t16?,19-,20+/m1/s1. The van der Waals surface area contributed by atoms with E-state index in [1.54, 1.807) is 7.11 Å². The molecule has 2 unspecified atom stereocenters. The maximum atomic E-state index is 12.9. The van der Waals surface area contributed by atoms with E-state index in [9.17, 15) is 4.79 Å². The van der Waals surface area contributed by atoms with Crippen molar-refractivity contribution in [2.45, 2.75) is 38.5 Å². The maximum Gasteiger partial charge on any atom is 0.224 e. The van der Waals surface area contributed by atoms with Gasteiger partial charge < -0.3 is 15.0 Å². The molecule has 8 heteroatoms. The molecule has 0 spiro atoms. The molecule has 4 heterocycles. The Hall–Kier alpha value is -2.45. The second kappa shape index (κ2) is 9.14. The Morgan fingerprint density at radius 1 is 1.33 bits per heavy atom. The average Bonchev–Trinajstić information content (AvgIpc) is 3.18. The Bertz CT molecular complexity index is 867. The first kappa shape index (κ1) is 20.8. The van der Waals surface area contributed by atoms with Crippen LogP contribution >= 0.6 is 0 Å². The van der Waals surface area contributed by atoms with Crippen LogP contribution in [0.3, 0.4) is 0 Å². The van der Waals surface area contributed by atoms with Crippen molar-refractivity contribution in [3.63, 3.8) is 0 Å². The summed E-state index contributed by atoms with van der Waals surface area (Å²) in [4.78, 5) is 17.5. The molecule has 0 aliphatic carbocycles. The Kier molecular flexibility index (Phi) is 6.34. The number of carbonyl (C=O) groups excluding carboxylic acids is 1. The van der Waals surface area contributed by atoms with E-state index < -0.39 is 0 Å². The lowest BCUT2D eigenvalue weighted by Crippen LogP contribution is -2.58. The zero-order chi connectivity index (χ0) is 21.1. The molecule has 8 nitrogen and oxygen atoms in total. The average molecular weight is 413 g/mol. The summed E-state index contributed by atoms with van der Waals surface area (Å²) in [6.07, 6.45) is 4.17. The number of rotatable bonds is 8. The highest BCUT2D eigenvalue weighted by atomic mass is 16.5. The monoisotopic (exact) mass is 412 g/mol. The lowest BCUT2D eigenvalue weighted by Gasteiger charge is -2.49. The smallest absolute Gasteiger partial charge is 0.224 e. The van der Waals surface area contributed by atoms with Crippen LogP contribution in [0, 0.1) is 11.8 Å². The quantitative estimate of drug-likeness (QED) is 0.706. The third kappa shape index (κ3) is 4.65. The third-order valence-corrected chi connectivity index (χ3v) is 6.32. The van der Waals surface area contributed by atoms with Crippen molar-refractivity contribution in [1.82, 2.24) is 30.1 Å². The Balaban J connectivity index is 1.32. The van der Waals surface area contributed by atoms with E-state index in [2.05, 4.69) is 25.4 Å². The lowest BCUT2D eigenvalue weighted by atomic mass is 9.75. The van der Waals surface area contributed by atoms with Crippen LogP contribution in [-0.2, 0) is 24.4 Å². The van der Waals surface area contributed by atoms with Gasteiger partial charge in [-0.1, -0.05) is 23.4 Å². The van der Waals surface area contributed by atoms with E-state index in [0.717, 1.165) is 56.0 Å². The van der Waals surface area contributed by atoms with Gasteiger partial charge in [0, 0.05) is 37.4 Å². The summed E-state index contributed by atoms with van der Waals surface area (Å²) >= 11 is 0. The highest BCUT2D eigenvalue weighted by Gasteiger charge is 2.43. The van der Waals surface area contributed by atoms with E-state index >= 15 is 0 Å². The molecule has 1 aromatic carbocycles. The minimum absolute atomic E-state index is 0.0600. The summed E-state index contributed by atoms with van der Waals surface area (Å²) < 4.78 is 7.35. The van der Waals surface area contributed by atoms with E-state index in [1.807, 2.05) is 49.2 Å². The molecule has 3 saturated heterocycles. The molecule has 3 aliphatic heterocycles. The van der Waals surface area contributed by atoms with Crippen molar-refractivity contribution in [2.24, 2.45) is 11.8 Å². The second-order valence-electron chi connectivity index (χ2n) is 8.74. The SMILES string of the molecule is COc1ccccc1CNC(=O)[C@H]1CN2CCC1C[C@@H]2Cn1cc(CN(C)C)nn1. The van der Waals surface area contributed by atoms with Crippen molar-refractivity contribution in [1.29, 1.82) is 0 Å². The summed E-state index contributed by atoms with van der Waals surface area (Å²) in [6.45, 7) is 4.03. The van der Waals surface area contributed by atoms with Crippen LogP contribution in [0.5, 0.6) is 5.75 Å². The molecule has 162 valence electrons. The van der Waals surface area contributed by atoms with Gasteiger partial charge in [-0.15, -0.1) is 5.10 Å². The van der Waals surface area contributed by atoms with Gasteiger partial charge in [0.15, 0.2) is 0 Å². The Morgan fingerprint density at radius 2 is 2.17 bits per heavy atom. The van der Waals surface area contributed by atoms with E-state index in [4.69, 9.17) is 4.74 Å². The molecule has 3 aliphatic rings. The van der Waals surface area contributed by atoms with Crippen LogP contribution in [0.2, 0.25) is 0 Å². The molecule has 1 amide bonds. The number of aromatic nitrogens is 3. The first-order valence-electron chi connectivity index (χ1n) is 10.7. The van der Waals surface area contributed by atoms with Gasteiger partial charge in [-0.3, -0.25) is 14.4 Å². The normalized spacial score (nSPS) is 25.5. The largest absolute Gasteiger partial charge is 0.496 e. The van der Waals surface area contributed by atoms with E-state index in [-0.39, 0.29) is 11.8 Å². The number of benzene rings is 1. The number of carbonyl (C=O) groups is 1. The number of amides is 1. The van der Waals surface area contributed by atoms with Crippen LogP contribution in [0.25, 0.3) is 0 Å². The van der Waals surface area contributed by atoms with Gasteiger partial charge in [0.05, 0.1) is 25.3 Å². The van der Waals surface area contributed by atoms with Gasteiger partial charge in [0.25, 0.3) is 0 Å². The Labute approximate surface area is 178 Å². The molecule has 5 rings (SSSR count). The van der Waals surface area contributed by atoms with Crippen molar-refractivity contribution in [2.75, 3.05) is 34.3 Å². The number of hydrogen-bond acceptors (Lipinski definition) is 6. The molecule has 3 fully saturated rings. The molecule has 2 aromatic rings. The summed E-state index contributed by atoms with van der Waals surface area (Å²) in [5.41, 5.74) is 2.00. The number of piperidine rings is 3. The van der Waals surface area contributed by atoms with E-state index in [0.29, 0.717) is 18.5 Å². The van der Waals surface area contributed by atoms with Crippen molar-refractivity contribution in [3.8, 4) is 5.75 Å². The molecule has 30 heavy (non-hydrogen) atoms. The van der Waals surface area contributed by atoms with Crippen LogP contribution < -0.4 is 10.1 Å². The van der Waals surface area contributed by atoms with Gasteiger partial charge >= 0.3 is 0 Å². The molecule has 4 atom stereocenters. The molecule has 1 aromatic heterocycles. The maximum absolute atomic E-state index is 12.9. The first-order chi connectivity index (χ1) is 14.5. The van der Waals surface area contributed by atoms with Crippen molar-refractivity contribution < 1.29 is 9.53 Å². The number of fused-ring (bicyclic) bond motifs is 3.